The second-order valence-electron chi connectivity index (χ2n) is 8.92. The minimum atomic E-state index is 0.0349. The summed E-state index contributed by atoms with van der Waals surface area (Å²) in [6.07, 6.45) is 0. The molecule has 0 aliphatic carbocycles. The van der Waals surface area contributed by atoms with Crippen molar-refractivity contribution in [1.82, 2.24) is 0 Å². The molecule has 0 saturated carbocycles. The van der Waals surface area contributed by atoms with E-state index in [9.17, 15) is 0 Å². The highest BCUT2D eigenvalue weighted by Crippen LogP contribution is 2.40. The van der Waals surface area contributed by atoms with Gasteiger partial charge >= 0.3 is 0 Å². The van der Waals surface area contributed by atoms with E-state index in [0.717, 1.165) is 33.7 Å². The van der Waals surface area contributed by atoms with Gasteiger partial charge in [0.05, 0.1) is 11.3 Å². The predicted octanol–water partition coefficient (Wildman–Crippen LogP) is 7.32. The first-order valence-electron chi connectivity index (χ1n) is 10.3. The Morgan fingerprint density at radius 3 is 2.70 bits per heavy atom. The van der Waals surface area contributed by atoms with Crippen LogP contribution in [0.5, 0.6) is 0 Å². The molecule has 1 aliphatic rings. The molecule has 3 aromatic carbocycles. The molecular formula is C26H22N2OS. The highest BCUT2D eigenvalue weighted by Gasteiger charge is 2.26. The third-order valence-electron chi connectivity index (χ3n) is 5.94. The summed E-state index contributed by atoms with van der Waals surface area (Å²) in [5.41, 5.74) is 5.54. The topological polar surface area (TPSA) is 37.5 Å². The minimum Gasteiger partial charge on any atom is -0.439 e. The molecule has 5 aromatic rings. The van der Waals surface area contributed by atoms with E-state index in [1.54, 1.807) is 11.3 Å². The number of aliphatic imine (C=N–C) groups is 1. The molecule has 1 aliphatic heterocycles. The van der Waals surface area contributed by atoms with Gasteiger partial charge < -0.3 is 9.73 Å². The molecule has 0 spiro atoms. The summed E-state index contributed by atoms with van der Waals surface area (Å²) in [7, 11) is 0. The van der Waals surface area contributed by atoms with E-state index in [-0.39, 0.29) is 5.41 Å². The van der Waals surface area contributed by atoms with Gasteiger partial charge in [-0.15, -0.1) is 11.3 Å². The number of thiophene rings is 1. The van der Waals surface area contributed by atoms with Gasteiger partial charge in [-0.05, 0) is 57.5 Å². The summed E-state index contributed by atoms with van der Waals surface area (Å²) < 4.78 is 7.56. The van der Waals surface area contributed by atoms with Crippen molar-refractivity contribution in [2.24, 2.45) is 4.99 Å². The number of benzene rings is 3. The van der Waals surface area contributed by atoms with Crippen LogP contribution in [0.1, 0.15) is 37.5 Å². The van der Waals surface area contributed by atoms with Crippen LogP contribution in [0, 0.1) is 0 Å². The largest absolute Gasteiger partial charge is 0.439 e. The van der Waals surface area contributed by atoms with Crippen LogP contribution >= 0.6 is 11.3 Å². The lowest BCUT2D eigenvalue weighted by molar-refractivity contribution is 0.596. The van der Waals surface area contributed by atoms with Crippen molar-refractivity contribution >= 4 is 54.8 Å². The van der Waals surface area contributed by atoms with Crippen molar-refractivity contribution in [2.45, 2.75) is 26.2 Å². The summed E-state index contributed by atoms with van der Waals surface area (Å²) in [4.78, 5) is 4.91. The van der Waals surface area contributed by atoms with Crippen molar-refractivity contribution in [3.05, 3.63) is 76.7 Å². The lowest BCUT2D eigenvalue weighted by Crippen LogP contribution is -2.17. The molecule has 4 heteroatoms. The van der Waals surface area contributed by atoms with Gasteiger partial charge in [0.2, 0.25) is 5.88 Å². The third-order valence-corrected chi connectivity index (χ3v) is 6.83. The number of nitrogens with zero attached hydrogens (tertiary/aromatic N) is 1. The van der Waals surface area contributed by atoms with Crippen LogP contribution in [0.3, 0.4) is 0 Å². The molecule has 0 radical (unpaired) electrons. The molecule has 148 valence electrons. The molecule has 0 amide bonds. The minimum absolute atomic E-state index is 0.0349. The van der Waals surface area contributed by atoms with E-state index >= 15 is 0 Å². The zero-order valence-electron chi connectivity index (χ0n) is 17.2. The van der Waals surface area contributed by atoms with Gasteiger partial charge in [0.25, 0.3) is 0 Å². The van der Waals surface area contributed by atoms with E-state index in [4.69, 9.17) is 9.41 Å². The summed E-state index contributed by atoms with van der Waals surface area (Å²) in [5, 5.41) is 10.3. The molecule has 3 heterocycles. The molecule has 1 N–H and O–H groups in total. The van der Waals surface area contributed by atoms with Gasteiger partial charge in [-0.25, -0.2) is 0 Å². The summed E-state index contributed by atoms with van der Waals surface area (Å²) in [6, 6.07) is 19.7. The number of hydrogen-bond donors (Lipinski definition) is 1. The van der Waals surface area contributed by atoms with E-state index in [1.807, 2.05) is 0 Å². The molecular weight excluding hydrogens is 388 g/mol. The van der Waals surface area contributed by atoms with E-state index in [1.165, 1.54) is 26.4 Å². The van der Waals surface area contributed by atoms with Crippen molar-refractivity contribution in [3.8, 4) is 0 Å². The standard InChI is InChI=1S/C26H22N2OS/c1-26(2,3)20-13-16(12-15-6-4-5-7-17(15)20)23-22-19-8-9-21-18(10-11-30-21)24(19)29-25(22)28-14-27-23/h4-13,28H,14H2,1-3H3. The Morgan fingerprint density at radius 2 is 1.83 bits per heavy atom. The average Bonchev–Trinajstić information content (AvgIpc) is 3.36. The third kappa shape index (κ3) is 2.53. The zero-order valence-corrected chi connectivity index (χ0v) is 18.1. The Labute approximate surface area is 179 Å². The lowest BCUT2D eigenvalue weighted by atomic mass is 9.81. The Balaban J connectivity index is 1.64. The molecule has 3 nitrogen and oxygen atoms in total. The smallest absolute Gasteiger partial charge is 0.205 e. The van der Waals surface area contributed by atoms with Crippen LogP contribution in [-0.2, 0) is 5.41 Å². The van der Waals surface area contributed by atoms with Gasteiger partial charge in [-0.2, -0.15) is 0 Å². The van der Waals surface area contributed by atoms with Crippen molar-refractivity contribution in [2.75, 3.05) is 12.0 Å². The zero-order chi connectivity index (χ0) is 20.5. The Hall–Kier alpha value is -3.11. The summed E-state index contributed by atoms with van der Waals surface area (Å²) in [5.74, 6) is 0.819. The van der Waals surface area contributed by atoms with Crippen molar-refractivity contribution < 1.29 is 4.42 Å². The average molecular weight is 411 g/mol. The molecule has 6 rings (SSSR count). The molecule has 2 aromatic heterocycles. The first-order valence-corrected chi connectivity index (χ1v) is 11.1. The monoisotopic (exact) mass is 410 g/mol. The highest BCUT2D eigenvalue weighted by molar-refractivity contribution is 7.17. The second kappa shape index (κ2) is 6.19. The first-order chi connectivity index (χ1) is 14.5. The Morgan fingerprint density at radius 1 is 0.967 bits per heavy atom. The highest BCUT2D eigenvalue weighted by atomic mass is 32.1. The second-order valence-corrected chi connectivity index (χ2v) is 9.87. The Kier molecular flexibility index (Phi) is 3.66. The number of hydrogen-bond acceptors (Lipinski definition) is 4. The molecule has 0 bridgehead atoms. The number of fused-ring (bicyclic) bond motifs is 6. The van der Waals surface area contributed by atoms with Crippen LogP contribution in [0.15, 0.2) is 69.4 Å². The number of rotatable bonds is 1. The summed E-state index contributed by atoms with van der Waals surface area (Å²) in [6.45, 7) is 7.34. The van der Waals surface area contributed by atoms with Gasteiger partial charge in [-0.1, -0.05) is 45.0 Å². The van der Waals surface area contributed by atoms with Gasteiger partial charge in [0, 0.05) is 21.0 Å². The first kappa shape index (κ1) is 17.7. The number of nitrogens with one attached hydrogen (secondary N) is 1. The van der Waals surface area contributed by atoms with Crippen molar-refractivity contribution in [1.29, 1.82) is 0 Å². The van der Waals surface area contributed by atoms with Crippen LogP contribution in [0.25, 0.3) is 31.8 Å². The maximum atomic E-state index is 6.31. The fourth-order valence-corrected chi connectivity index (χ4v) is 5.32. The molecule has 0 atom stereocenters. The quantitative estimate of drug-likeness (QED) is 0.314. The van der Waals surface area contributed by atoms with Crippen LogP contribution in [0.2, 0.25) is 0 Å². The van der Waals surface area contributed by atoms with E-state index in [0.29, 0.717) is 6.67 Å². The van der Waals surface area contributed by atoms with Crippen LogP contribution in [0.4, 0.5) is 5.88 Å². The molecule has 0 saturated heterocycles. The SMILES string of the molecule is CC(C)(C)c1cc(C2=NCNc3oc4c(ccc5sccc54)c32)cc2ccccc12. The predicted molar refractivity (Wildman–Crippen MR) is 128 cm³/mol. The summed E-state index contributed by atoms with van der Waals surface area (Å²) >= 11 is 1.74. The normalized spacial score (nSPS) is 14.2. The maximum Gasteiger partial charge on any atom is 0.205 e. The lowest BCUT2D eigenvalue weighted by Gasteiger charge is -2.24. The fraction of sp³-hybridized carbons (Fsp3) is 0.192. The van der Waals surface area contributed by atoms with E-state index in [2.05, 4.69) is 86.1 Å². The van der Waals surface area contributed by atoms with E-state index < -0.39 is 0 Å². The number of furan rings is 1. The maximum absolute atomic E-state index is 6.31. The number of anilines is 1. The van der Waals surface area contributed by atoms with Gasteiger partial charge in [0.1, 0.15) is 12.3 Å². The van der Waals surface area contributed by atoms with Crippen LogP contribution in [-0.4, -0.2) is 12.4 Å². The Bertz CT molecular complexity index is 1480. The molecule has 0 unspecified atom stereocenters. The molecule has 0 fully saturated rings. The fourth-order valence-electron chi connectivity index (χ4n) is 4.53. The van der Waals surface area contributed by atoms with Gasteiger partial charge in [-0.3, -0.25) is 4.99 Å². The molecule has 30 heavy (non-hydrogen) atoms. The van der Waals surface area contributed by atoms with Crippen molar-refractivity contribution in [3.63, 3.8) is 0 Å². The van der Waals surface area contributed by atoms with Crippen LogP contribution < -0.4 is 5.32 Å². The van der Waals surface area contributed by atoms with Gasteiger partial charge in [0.15, 0.2) is 0 Å².